The van der Waals surface area contributed by atoms with Gasteiger partial charge in [0.2, 0.25) is 5.95 Å². The van der Waals surface area contributed by atoms with Crippen LogP contribution in [0, 0.1) is 17.6 Å². The number of hydrogen-bond donors (Lipinski definition) is 2. The summed E-state index contributed by atoms with van der Waals surface area (Å²) < 4.78 is 41.7. The van der Waals surface area contributed by atoms with Crippen LogP contribution in [-0.4, -0.2) is 59.0 Å². The number of ether oxygens (including phenoxy) is 2. The van der Waals surface area contributed by atoms with Gasteiger partial charge in [-0.3, -0.25) is 4.98 Å². The van der Waals surface area contributed by atoms with E-state index >= 15 is 0 Å². The van der Waals surface area contributed by atoms with Gasteiger partial charge in [0.25, 0.3) is 0 Å². The molecule has 1 aliphatic heterocycles. The first-order valence-corrected chi connectivity index (χ1v) is 12.1. The van der Waals surface area contributed by atoms with E-state index < -0.39 is 11.6 Å². The van der Waals surface area contributed by atoms with Crippen molar-refractivity contribution in [1.29, 1.82) is 0 Å². The van der Waals surface area contributed by atoms with Gasteiger partial charge < -0.3 is 25.4 Å². The van der Waals surface area contributed by atoms with Crippen molar-refractivity contribution in [3.63, 3.8) is 0 Å². The van der Waals surface area contributed by atoms with Crippen LogP contribution >= 0.6 is 0 Å². The number of aromatic nitrogens is 4. The molecule has 9 nitrogen and oxygen atoms in total. The van der Waals surface area contributed by atoms with E-state index in [0.717, 1.165) is 43.0 Å². The first kappa shape index (κ1) is 24.8. The number of nitrogens with one attached hydrogen (secondary N) is 1. The second-order valence-electron chi connectivity index (χ2n) is 9.26. The standard InChI is InChI=1S/C26H29F2N7O2/c1-16-9-17(29)15-34(14-16)24-5-6-30-13-23(24)32-26-31-12-18-3-4-22(33-35(18)26)25-20(27)10-19(11-21(25)28)37-8-7-36-2/h3-6,10-13,16-17H,7-9,14-15,29H2,1-2H3,(H,31,32). The number of hydrogen-bond acceptors (Lipinski definition) is 8. The first-order valence-electron chi connectivity index (χ1n) is 12.1. The highest BCUT2D eigenvalue weighted by atomic mass is 19.1. The lowest BCUT2D eigenvalue weighted by molar-refractivity contribution is 0.146. The molecule has 4 aromatic rings. The molecule has 1 aromatic carbocycles. The average Bonchev–Trinajstić information content (AvgIpc) is 3.25. The number of anilines is 3. The van der Waals surface area contributed by atoms with Crippen LogP contribution in [0.5, 0.6) is 5.75 Å². The van der Waals surface area contributed by atoms with E-state index in [1.54, 1.807) is 30.7 Å². The molecule has 11 heteroatoms. The van der Waals surface area contributed by atoms with E-state index in [9.17, 15) is 8.78 Å². The number of rotatable bonds is 8. The predicted molar refractivity (Wildman–Crippen MR) is 137 cm³/mol. The molecule has 0 amide bonds. The SMILES string of the molecule is COCCOc1cc(F)c(-c2ccc3cnc(Nc4cnccc4N4CC(C)CC(N)C4)n3n2)c(F)c1. The second kappa shape index (κ2) is 10.7. The van der Waals surface area contributed by atoms with Crippen molar-refractivity contribution < 1.29 is 18.3 Å². The van der Waals surface area contributed by atoms with Gasteiger partial charge in [-0.1, -0.05) is 6.92 Å². The summed E-state index contributed by atoms with van der Waals surface area (Å²) in [5.74, 6) is -0.626. The normalized spacial score (nSPS) is 17.8. The third-order valence-corrected chi connectivity index (χ3v) is 6.29. The monoisotopic (exact) mass is 509 g/mol. The van der Waals surface area contributed by atoms with Gasteiger partial charge in [0.1, 0.15) is 24.0 Å². The molecular weight excluding hydrogens is 480 g/mol. The van der Waals surface area contributed by atoms with Crippen LogP contribution in [-0.2, 0) is 4.74 Å². The smallest absolute Gasteiger partial charge is 0.229 e. The number of benzene rings is 1. The van der Waals surface area contributed by atoms with Crippen LogP contribution in [0.25, 0.3) is 16.8 Å². The van der Waals surface area contributed by atoms with Crippen LogP contribution in [0.15, 0.2) is 48.9 Å². The Kier molecular flexibility index (Phi) is 7.15. The molecule has 194 valence electrons. The Morgan fingerprint density at radius 3 is 2.68 bits per heavy atom. The van der Waals surface area contributed by atoms with Crippen molar-refractivity contribution in [1.82, 2.24) is 19.6 Å². The molecule has 1 fully saturated rings. The summed E-state index contributed by atoms with van der Waals surface area (Å²) in [5, 5.41) is 7.78. The Labute approximate surface area is 213 Å². The maximum atomic E-state index is 14.9. The van der Waals surface area contributed by atoms with Crippen molar-refractivity contribution in [3.8, 4) is 17.0 Å². The van der Waals surface area contributed by atoms with Gasteiger partial charge in [-0.05, 0) is 30.5 Å². The van der Waals surface area contributed by atoms with Gasteiger partial charge in [-0.15, -0.1) is 0 Å². The molecule has 37 heavy (non-hydrogen) atoms. The number of halogens is 2. The number of piperidine rings is 1. The topological polar surface area (TPSA) is 103 Å². The zero-order valence-electron chi connectivity index (χ0n) is 20.7. The van der Waals surface area contributed by atoms with Crippen molar-refractivity contribution in [2.45, 2.75) is 19.4 Å². The molecule has 2 unspecified atom stereocenters. The van der Waals surface area contributed by atoms with E-state index in [-0.39, 0.29) is 29.7 Å². The fourth-order valence-corrected chi connectivity index (χ4v) is 4.70. The molecule has 3 N–H and O–H groups in total. The predicted octanol–water partition coefficient (Wildman–Crippen LogP) is 4.01. The van der Waals surface area contributed by atoms with E-state index in [1.165, 1.54) is 11.6 Å². The van der Waals surface area contributed by atoms with Crippen LogP contribution in [0.3, 0.4) is 0 Å². The molecular formula is C26H29F2N7O2. The molecule has 1 aliphatic rings. The Morgan fingerprint density at radius 2 is 1.92 bits per heavy atom. The number of imidazole rings is 1. The van der Waals surface area contributed by atoms with E-state index in [1.807, 2.05) is 6.07 Å². The molecule has 2 atom stereocenters. The Morgan fingerprint density at radius 1 is 1.11 bits per heavy atom. The second-order valence-corrected chi connectivity index (χ2v) is 9.26. The van der Waals surface area contributed by atoms with Gasteiger partial charge in [0.15, 0.2) is 0 Å². The zero-order chi connectivity index (χ0) is 25.9. The van der Waals surface area contributed by atoms with Crippen molar-refractivity contribution in [2.75, 3.05) is 43.6 Å². The van der Waals surface area contributed by atoms with Crippen molar-refractivity contribution >= 4 is 22.8 Å². The highest BCUT2D eigenvalue weighted by Crippen LogP contribution is 2.32. The summed E-state index contributed by atoms with van der Waals surface area (Å²) in [6.07, 6.45) is 6.06. The Hall–Kier alpha value is -3.83. The van der Waals surface area contributed by atoms with Crippen molar-refractivity contribution in [2.24, 2.45) is 11.7 Å². The minimum atomic E-state index is -0.779. The quantitative estimate of drug-likeness (QED) is 0.344. The lowest BCUT2D eigenvalue weighted by Gasteiger charge is -2.37. The van der Waals surface area contributed by atoms with Gasteiger partial charge in [0, 0.05) is 44.6 Å². The number of pyridine rings is 1. The third kappa shape index (κ3) is 5.32. The lowest BCUT2D eigenvalue weighted by Crippen LogP contribution is -2.46. The molecule has 0 saturated carbocycles. The minimum Gasteiger partial charge on any atom is -0.491 e. The number of nitrogens with two attached hydrogens (primary N) is 1. The van der Waals surface area contributed by atoms with E-state index in [2.05, 4.69) is 32.2 Å². The largest absolute Gasteiger partial charge is 0.491 e. The highest BCUT2D eigenvalue weighted by Gasteiger charge is 2.24. The first-order chi connectivity index (χ1) is 17.9. The summed E-state index contributed by atoms with van der Waals surface area (Å²) >= 11 is 0. The zero-order valence-corrected chi connectivity index (χ0v) is 20.7. The Bertz CT molecular complexity index is 1360. The molecule has 3 aromatic heterocycles. The third-order valence-electron chi connectivity index (χ3n) is 6.29. The Balaban J connectivity index is 1.45. The number of nitrogens with zero attached hydrogens (tertiary/aromatic N) is 5. The fourth-order valence-electron chi connectivity index (χ4n) is 4.70. The molecule has 0 spiro atoms. The summed E-state index contributed by atoms with van der Waals surface area (Å²) in [4.78, 5) is 10.9. The van der Waals surface area contributed by atoms with E-state index in [0.29, 0.717) is 24.0 Å². The number of methoxy groups -OCH3 is 1. The fraction of sp³-hybridized carbons (Fsp3) is 0.346. The van der Waals surface area contributed by atoms with Crippen LogP contribution in [0.2, 0.25) is 0 Å². The molecule has 0 bridgehead atoms. The minimum absolute atomic E-state index is 0.0812. The maximum absolute atomic E-state index is 14.9. The van der Waals surface area contributed by atoms with Crippen molar-refractivity contribution in [3.05, 3.63) is 60.6 Å². The highest BCUT2D eigenvalue weighted by molar-refractivity contribution is 5.74. The maximum Gasteiger partial charge on any atom is 0.229 e. The molecule has 4 heterocycles. The number of fused-ring (bicyclic) bond motifs is 1. The van der Waals surface area contributed by atoms with Crippen LogP contribution in [0.1, 0.15) is 13.3 Å². The summed E-state index contributed by atoms with van der Waals surface area (Å²) in [6, 6.07) is 7.56. The summed E-state index contributed by atoms with van der Waals surface area (Å²) in [5.41, 5.74) is 8.48. The summed E-state index contributed by atoms with van der Waals surface area (Å²) in [7, 11) is 1.52. The van der Waals surface area contributed by atoms with Crippen LogP contribution in [0.4, 0.5) is 26.1 Å². The van der Waals surface area contributed by atoms with E-state index in [4.69, 9.17) is 15.2 Å². The molecule has 1 saturated heterocycles. The molecule has 5 rings (SSSR count). The van der Waals surface area contributed by atoms with Gasteiger partial charge in [-0.2, -0.15) is 9.61 Å². The average molecular weight is 510 g/mol. The lowest BCUT2D eigenvalue weighted by atomic mass is 9.96. The van der Waals surface area contributed by atoms with Gasteiger partial charge in [0.05, 0.1) is 47.1 Å². The molecule has 0 radical (unpaired) electrons. The van der Waals surface area contributed by atoms with Gasteiger partial charge >= 0.3 is 0 Å². The van der Waals surface area contributed by atoms with Crippen LogP contribution < -0.4 is 20.7 Å². The van der Waals surface area contributed by atoms with Gasteiger partial charge in [-0.25, -0.2) is 13.8 Å². The summed E-state index contributed by atoms with van der Waals surface area (Å²) in [6.45, 7) is 4.28. The molecule has 0 aliphatic carbocycles.